The molecule has 0 aliphatic carbocycles. The summed E-state index contributed by atoms with van der Waals surface area (Å²) < 4.78 is 9.87. The zero-order valence-corrected chi connectivity index (χ0v) is 16.8. The molecule has 1 amide bonds. The van der Waals surface area contributed by atoms with Crippen LogP contribution in [-0.2, 0) is 4.74 Å². The lowest BCUT2D eigenvalue weighted by atomic mass is 10.1. The van der Waals surface area contributed by atoms with Crippen molar-refractivity contribution in [2.24, 2.45) is 0 Å². The van der Waals surface area contributed by atoms with Crippen LogP contribution in [-0.4, -0.2) is 36.1 Å². The summed E-state index contributed by atoms with van der Waals surface area (Å²) in [6.07, 6.45) is 1.25. The van der Waals surface area contributed by atoms with E-state index in [1.165, 1.54) is 26.6 Å². The van der Waals surface area contributed by atoms with Gasteiger partial charge in [-0.1, -0.05) is 40.9 Å². The number of ether oxygens (including phenoxy) is 2. The number of esters is 1. The average Bonchev–Trinajstić information content (AvgIpc) is 2.70. The number of halogens is 3. The van der Waals surface area contributed by atoms with Gasteiger partial charge in [-0.3, -0.25) is 4.79 Å². The molecular weight excluding hydrogens is 429 g/mol. The minimum absolute atomic E-state index is 0.00485. The SMILES string of the molecule is COC(=O)c1cc(OC)c(Cl)c(NC(=O)c2cccc3c(Cl)ncnc23)c1Cl. The average molecular weight is 441 g/mol. The molecule has 0 fully saturated rings. The molecule has 0 saturated carbocycles. The second kappa shape index (κ2) is 8.18. The zero-order valence-electron chi connectivity index (χ0n) is 14.5. The smallest absolute Gasteiger partial charge is 0.339 e. The molecule has 144 valence electrons. The van der Waals surface area contributed by atoms with Gasteiger partial charge < -0.3 is 14.8 Å². The second-order valence-electron chi connectivity index (χ2n) is 5.44. The van der Waals surface area contributed by atoms with Gasteiger partial charge >= 0.3 is 5.97 Å². The number of rotatable bonds is 4. The van der Waals surface area contributed by atoms with Crippen LogP contribution in [0.15, 0.2) is 30.6 Å². The number of amides is 1. The Labute approximate surface area is 174 Å². The predicted octanol–water partition coefficient (Wildman–Crippen LogP) is 4.64. The molecule has 0 radical (unpaired) electrons. The van der Waals surface area contributed by atoms with E-state index in [-0.39, 0.29) is 37.8 Å². The number of anilines is 1. The molecular formula is C18H12Cl3N3O4. The normalized spacial score (nSPS) is 10.6. The Morgan fingerprint density at radius 1 is 1.04 bits per heavy atom. The maximum absolute atomic E-state index is 12.9. The van der Waals surface area contributed by atoms with Crippen LogP contribution in [0, 0.1) is 0 Å². The lowest BCUT2D eigenvalue weighted by Crippen LogP contribution is -2.15. The van der Waals surface area contributed by atoms with Crippen LogP contribution in [0.4, 0.5) is 5.69 Å². The van der Waals surface area contributed by atoms with E-state index in [4.69, 9.17) is 44.3 Å². The van der Waals surface area contributed by atoms with Crippen molar-refractivity contribution in [2.75, 3.05) is 19.5 Å². The first kappa shape index (κ1) is 20.1. The van der Waals surface area contributed by atoms with Gasteiger partial charge in [0.05, 0.1) is 41.6 Å². The van der Waals surface area contributed by atoms with Crippen molar-refractivity contribution >= 4 is 63.3 Å². The number of methoxy groups -OCH3 is 2. The highest BCUT2D eigenvalue weighted by Crippen LogP contribution is 2.41. The van der Waals surface area contributed by atoms with Gasteiger partial charge in [0.2, 0.25) is 0 Å². The lowest BCUT2D eigenvalue weighted by Gasteiger charge is -2.15. The third-order valence-electron chi connectivity index (χ3n) is 3.89. The molecule has 3 rings (SSSR count). The van der Waals surface area contributed by atoms with E-state index < -0.39 is 11.9 Å². The fourth-order valence-electron chi connectivity index (χ4n) is 2.55. The first-order chi connectivity index (χ1) is 13.4. The first-order valence-corrected chi connectivity index (χ1v) is 8.87. The van der Waals surface area contributed by atoms with Gasteiger partial charge in [0, 0.05) is 5.39 Å². The summed E-state index contributed by atoms with van der Waals surface area (Å²) in [6.45, 7) is 0. The Hall–Kier alpha value is -2.61. The van der Waals surface area contributed by atoms with Gasteiger partial charge in [0.25, 0.3) is 5.91 Å². The standard InChI is InChI=1S/C18H12Cl3N3O4/c1-27-11-6-10(18(26)28-2)12(19)15(13(11)20)24-17(25)9-5-3-4-8-14(9)22-7-23-16(8)21/h3-7H,1-2H3,(H,24,25). The summed E-state index contributed by atoms with van der Waals surface area (Å²) in [5, 5.41) is 3.27. The highest BCUT2D eigenvalue weighted by atomic mass is 35.5. The molecule has 28 heavy (non-hydrogen) atoms. The molecule has 0 aliphatic rings. The van der Waals surface area contributed by atoms with E-state index in [1.54, 1.807) is 18.2 Å². The van der Waals surface area contributed by atoms with Crippen LogP contribution in [0.5, 0.6) is 5.75 Å². The number of nitrogens with one attached hydrogen (secondary N) is 1. The van der Waals surface area contributed by atoms with E-state index in [9.17, 15) is 9.59 Å². The number of aromatic nitrogens is 2. The minimum Gasteiger partial charge on any atom is -0.495 e. The van der Waals surface area contributed by atoms with Crippen molar-refractivity contribution in [3.8, 4) is 5.75 Å². The molecule has 0 bridgehead atoms. The molecule has 3 aromatic rings. The van der Waals surface area contributed by atoms with E-state index >= 15 is 0 Å². The summed E-state index contributed by atoms with van der Waals surface area (Å²) in [5.74, 6) is -1.13. The third kappa shape index (κ3) is 3.56. The predicted molar refractivity (Wildman–Crippen MR) is 107 cm³/mol. The maximum Gasteiger partial charge on any atom is 0.339 e. The topological polar surface area (TPSA) is 90.4 Å². The fourth-order valence-corrected chi connectivity index (χ4v) is 3.34. The highest BCUT2D eigenvalue weighted by molar-refractivity contribution is 6.43. The lowest BCUT2D eigenvalue weighted by molar-refractivity contribution is 0.0600. The van der Waals surface area contributed by atoms with Crippen molar-refractivity contribution in [1.29, 1.82) is 0 Å². The summed E-state index contributed by atoms with van der Waals surface area (Å²) >= 11 is 18.6. The molecule has 1 N–H and O–H groups in total. The quantitative estimate of drug-likeness (QED) is 0.469. The zero-order chi connectivity index (χ0) is 20.4. The van der Waals surface area contributed by atoms with Crippen LogP contribution in [0.3, 0.4) is 0 Å². The van der Waals surface area contributed by atoms with Gasteiger partial charge in [-0.25, -0.2) is 14.8 Å². The number of carbonyl (C=O) groups is 2. The number of nitrogens with zero attached hydrogens (tertiary/aromatic N) is 2. The molecule has 7 nitrogen and oxygen atoms in total. The molecule has 2 aromatic carbocycles. The van der Waals surface area contributed by atoms with Gasteiger partial charge in [0.1, 0.15) is 22.3 Å². The van der Waals surface area contributed by atoms with Crippen molar-refractivity contribution in [3.05, 3.63) is 56.9 Å². The van der Waals surface area contributed by atoms with Crippen molar-refractivity contribution in [1.82, 2.24) is 9.97 Å². The van der Waals surface area contributed by atoms with Gasteiger partial charge in [-0.15, -0.1) is 0 Å². The second-order valence-corrected chi connectivity index (χ2v) is 6.56. The van der Waals surface area contributed by atoms with Crippen molar-refractivity contribution < 1.29 is 19.1 Å². The number of carbonyl (C=O) groups excluding carboxylic acids is 2. The number of para-hydroxylation sites is 1. The monoisotopic (exact) mass is 439 g/mol. The summed E-state index contributed by atoms with van der Waals surface area (Å²) in [4.78, 5) is 32.9. The van der Waals surface area contributed by atoms with Crippen LogP contribution in [0.1, 0.15) is 20.7 Å². The number of fused-ring (bicyclic) bond motifs is 1. The Kier molecular flexibility index (Phi) is 5.88. The van der Waals surface area contributed by atoms with Crippen LogP contribution in [0.2, 0.25) is 15.2 Å². The maximum atomic E-state index is 12.9. The van der Waals surface area contributed by atoms with Gasteiger partial charge in [-0.2, -0.15) is 0 Å². The Morgan fingerprint density at radius 3 is 2.46 bits per heavy atom. The highest BCUT2D eigenvalue weighted by Gasteiger charge is 2.23. The largest absolute Gasteiger partial charge is 0.495 e. The van der Waals surface area contributed by atoms with Crippen molar-refractivity contribution in [2.45, 2.75) is 0 Å². The molecule has 0 unspecified atom stereocenters. The molecule has 1 heterocycles. The van der Waals surface area contributed by atoms with Crippen LogP contribution < -0.4 is 10.1 Å². The third-order valence-corrected chi connectivity index (χ3v) is 4.96. The molecule has 0 saturated heterocycles. The molecule has 0 atom stereocenters. The Balaban J connectivity index is 2.11. The number of hydrogen-bond acceptors (Lipinski definition) is 6. The van der Waals surface area contributed by atoms with E-state index in [0.717, 1.165) is 0 Å². The Morgan fingerprint density at radius 2 is 1.79 bits per heavy atom. The molecule has 0 spiro atoms. The summed E-state index contributed by atoms with van der Waals surface area (Å²) in [7, 11) is 2.57. The summed E-state index contributed by atoms with van der Waals surface area (Å²) in [6, 6.07) is 6.22. The number of benzene rings is 2. The van der Waals surface area contributed by atoms with E-state index in [2.05, 4.69) is 15.3 Å². The van der Waals surface area contributed by atoms with Gasteiger partial charge in [-0.05, 0) is 18.2 Å². The first-order valence-electron chi connectivity index (χ1n) is 7.73. The molecule has 0 aliphatic heterocycles. The van der Waals surface area contributed by atoms with Crippen molar-refractivity contribution in [3.63, 3.8) is 0 Å². The van der Waals surface area contributed by atoms with Crippen LogP contribution >= 0.6 is 34.8 Å². The number of hydrogen-bond donors (Lipinski definition) is 1. The van der Waals surface area contributed by atoms with Crippen LogP contribution in [0.25, 0.3) is 10.9 Å². The summed E-state index contributed by atoms with van der Waals surface area (Å²) in [5.41, 5.74) is 0.564. The van der Waals surface area contributed by atoms with Gasteiger partial charge in [0.15, 0.2) is 0 Å². The van der Waals surface area contributed by atoms with E-state index in [1.807, 2.05) is 0 Å². The molecule has 1 aromatic heterocycles. The molecule has 10 heteroatoms. The Bertz CT molecular complexity index is 1110. The fraction of sp³-hybridized carbons (Fsp3) is 0.111. The van der Waals surface area contributed by atoms with E-state index in [0.29, 0.717) is 10.9 Å². The minimum atomic E-state index is -0.708.